The van der Waals surface area contributed by atoms with Crippen molar-refractivity contribution in [3.05, 3.63) is 59.7 Å². The second-order valence-corrected chi connectivity index (χ2v) is 7.82. The summed E-state index contributed by atoms with van der Waals surface area (Å²) >= 11 is 0. The highest BCUT2D eigenvalue weighted by molar-refractivity contribution is 5.94. The van der Waals surface area contributed by atoms with E-state index in [1.54, 1.807) is 0 Å². The maximum atomic E-state index is 12.7. The molecular weight excluding hydrogens is 360 g/mol. The average Bonchev–Trinajstić information content (AvgIpc) is 2.75. The van der Waals surface area contributed by atoms with Crippen LogP contribution in [-0.2, 0) is 0 Å². The molecule has 1 heterocycles. The Labute approximate surface area is 173 Å². The number of carbonyl (C=O) groups is 1. The SMILES string of the molecule is CCN(c1ccc(C(=O)NC2CCN(c3ccc(C#N)cc3)CC2)cc1)C(C)C. The van der Waals surface area contributed by atoms with Crippen molar-refractivity contribution in [3.8, 4) is 6.07 Å². The predicted octanol–water partition coefficient (Wildman–Crippen LogP) is 4.19. The molecule has 1 aliphatic heterocycles. The molecule has 0 spiro atoms. The van der Waals surface area contributed by atoms with Gasteiger partial charge in [0.25, 0.3) is 5.91 Å². The zero-order valence-electron chi connectivity index (χ0n) is 17.6. The number of rotatable bonds is 6. The highest BCUT2D eigenvalue weighted by Crippen LogP contribution is 2.21. The molecule has 0 bridgehead atoms. The molecule has 1 amide bonds. The van der Waals surface area contributed by atoms with Crippen LogP contribution in [0, 0.1) is 11.3 Å². The summed E-state index contributed by atoms with van der Waals surface area (Å²) in [5.41, 5.74) is 3.67. The van der Waals surface area contributed by atoms with Crippen LogP contribution in [0.25, 0.3) is 0 Å². The van der Waals surface area contributed by atoms with Gasteiger partial charge in [-0.1, -0.05) is 0 Å². The molecule has 0 saturated carbocycles. The number of carbonyl (C=O) groups excluding carboxylic acids is 1. The summed E-state index contributed by atoms with van der Waals surface area (Å²) in [5, 5.41) is 12.1. The zero-order valence-corrected chi connectivity index (χ0v) is 17.6. The Kier molecular flexibility index (Phi) is 6.77. The van der Waals surface area contributed by atoms with Crippen LogP contribution in [-0.4, -0.2) is 37.6 Å². The lowest BCUT2D eigenvalue weighted by atomic mass is 10.0. The molecule has 1 fully saturated rings. The summed E-state index contributed by atoms with van der Waals surface area (Å²) in [6.07, 6.45) is 1.83. The van der Waals surface area contributed by atoms with Crippen molar-refractivity contribution in [2.45, 2.75) is 45.7 Å². The second-order valence-electron chi connectivity index (χ2n) is 7.82. The minimum Gasteiger partial charge on any atom is -0.371 e. The molecule has 0 radical (unpaired) electrons. The van der Waals surface area contributed by atoms with Crippen LogP contribution in [0.4, 0.5) is 11.4 Å². The molecule has 29 heavy (non-hydrogen) atoms. The number of benzene rings is 2. The van der Waals surface area contributed by atoms with Crippen molar-refractivity contribution in [3.63, 3.8) is 0 Å². The zero-order chi connectivity index (χ0) is 20.8. The van der Waals surface area contributed by atoms with Gasteiger partial charge in [0.05, 0.1) is 11.6 Å². The Morgan fingerprint density at radius 2 is 1.76 bits per heavy atom. The lowest BCUT2D eigenvalue weighted by Gasteiger charge is -2.34. The minimum atomic E-state index is 0.000897. The molecule has 1 aliphatic rings. The summed E-state index contributed by atoms with van der Waals surface area (Å²) in [4.78, 5) is 17.3. The minimum absolute atomic E-state index is 0.000897. The van der Waals surface area contributed by atoms with E-state index >= 15 is 0 Å². The standard InChI is InChI=1S/C24H30N4O/c1-4-28(18(2)3)23-11-7-20(8-12-23)24(29)26-21-13-15-27(16-14-21)22-9-5-19(17-25)6-10-22/h5-12,18,21H,4,13-16H2,1-3H3,(H,26,29). The Hall–Kier alpha value is -3.00. The molecule has 1 saturated heterocycles. The molecule has 0 atom stereocenters. The Balaban J connectivity index is 1.53. The highest BCUT2D eigenvalue weighted by atomic mass is 16.1. The normalized spacial score (nSPS) is 14.5. The van der Waals surface area contributed by atoms with Crippen molar-refractivity contribution in [2.75, 3.05) is 29.4 Å². The number of piperidine rings is 1. The molecule has 0 unspecified atom stereocenters. The first-order valence-electron chi connectivity index (χ1n) is 10.4. The van der Waals surface area contributed by atoms with E-state index in [1.165, 1.54) is 0 Å². The quantitative estimate of drug-likeness (QED) is 0.803. The van der Waals surface area contributed by atoms with Gasteiger partial charge in [0.1, 0.15) is 0 Å². The fraction of sp³-hybridized carbons (Fsp3) is 0.417. The monoisotopic (exact) mass is 390 g/mol. The van der Waals surface area contributed by atoms with Crippen LogP contribution in [0.3, 0.4) is 0 Å². The highest BCUT2D eigenvalue weighted by Gasteiger charge is 2.21. The number of hydrogen-bond donors (Lipinski definition) is 1. The molecule has 152 valence electrons. The van der Waals surface area contributed by atoms with E-state index in [0.717, 1.165) is 43.9 Å². The summed E-state index contributed by atoms with van der Waals surface area (Å²) in [6, 6.07) is 18.4. The number of amides is 1. The maximum absolute atomic E-state index is 12.7. The molecule has 0 aliphatic carbocycles. The first-order chi connectivity index (χ1) is 14.0. The van der Waals surface area contributed by atoms with Crippen LogP contribution in [0.15, 0.2) is 48.5 Å². The molecule has 3 rings (SSSR count). The fourth-order valence-electron chi connectivity index (χ4n) is 3.95. The van der Waals surface area contributed by atoms with Crippen LogP contribution in [0.5, 0.6) is 0 Å². The Bertz CT molecular complexity index is 844. The Morgan fingerprint density at radius 3 is 2.28 bits per heavy atom. The third-order valence-electron chi connectivity index (χ3n) is 5.62. The van der Waals surface area contributed by atoms with Gasteiger partial charge in [-0.2, -0.15) is 5.26 Å². The van der Waals surface area contributed by atoms with Crippen molar-refractivity contribution in [1.82, 2.24) is 5.32 Å². The van der Waals surface area contributed by atoms with Gasteiger partial charge in [0.2, 0.25) is 0 Å². The van der Waals surface area contributed by atoms with E-state index in [-0.39, 0.29) is 11.9 Å². The molecular formula is C24H30N4O. The fourth-order valence-corrected chi connectivity index (χ4v) is 3.95. The summed E-state index contributed by atoms with van der Waals surface area (Å²) in [5.74, 6) is 0.000897. The lowest BCUT2D eigenvalue weighted by Crippen LogP contribution is -2.44. The smallest absolute Gasteiger partial charge is 0.251 e. The van der Waals surface area contributed by atoms with E-state index in [9.17, 15) is 4.79 Å². The Morgan fingerprint density at radius 1 is 1.14 bits per heavy atom. The topological polar surface area (TPSA) is 59.4 Å². The average molecular weight is 391 g/mol. The van der Waals surface area contributed by atoms with E-state index < -0.39 is 0 Å². The summed E-state index contributed by atoms with van der Waals surface area (Å²) in [6.45, 7) is 9.24. The first-order valence-corrected chi connectivity index (χ1v) is 10.4. The first kappa shape index (κ1) is 20.7. The number of hydrogen-bond acceptors (Lipinski definition) is 4. The van der Waals surface area contributed by atoms with Crippen molar-refractivity contribution >= 4 is 17.3 Å². The second kappa shape index (κ2) is 9.47. The van der Waals surface area contributed by atoms with Crippen LogP contribution in [0.2, 0.25) is 0 Å². The van der Waals surface area contributed by atoms with Gasteiger partial charge >= 0.3 is 0 Å². The van der Waals surface area contributed by atoms with E-state index in [4.69, 9.17) is 5.26 Å². The van der Waals surface area contributed by atoms with Crippen LogP contribution < -0.4 is 15.1 Å². The van der Waals surface area contributed by atoms with Gasteiger partial charge in [0.15, 0.2) is 0 Å². The third kappa shape index (κ3) is 5.08. The van der Waals surface area contributed by atoms with Crippen molar-refractivity contribution in [1.29, 1.82) is 5.26 Å². The van der Waals surface area contributed by atoms with Crippen LogP contribution >= 0.6 is 0 Å². The maximum Gasteiger partial charge on any atom is 0.251 e. The van der Waals surface area contributed by atoms with E-state index in [2.05, 4.69) is 42.0 Å². The largest absolute Gasteiger partial charge is 0.371 e. The van der Waals surface area contributed by atoms with Crippen molar-refractivity contribution in [2.24, 2.45) is 0 Å². The van der Waals surface area contributed by atoms with E-state index in [0.29, 0.717) is 17.2 Å². The van der Waals surface area contributed by atoms with Crippen molar-refractivity contribution < 1.29 is 4.79 Å². The van der Waals surface area contributed by atoms with E-state index in [1.807, 2.05) is 48.5 Å². The van der Waals surface area contributed by atoms with Gasteiger partial charge in [-0.25, -0.2) is 0 Å². The molecule has 5 nitrogen and oxygen atoms in total. The summed E-state index contributed by atoms with van der Waals surface area (Å²) in [7, 11) is 0. The predicted molar refractivity (Wildman–Crippen MR) is 118 cm³/mol. The summed E-state index contributed by atoms with van der Waals surface area (Å²) < 4.78 is 0. The lowest BCUT2D eigenvalue weighted by molar-refractivity contribution is 0.0931. The van der Waals surface area contributed by atoms with Gasteiger partial charge in [-0.15, -0.1) is 0 Å². The molecule has 2 aromatic rings. The molecule has 0 aromatic heterocycles. The molecule has 2 aromatic carbocycles. The van der Waals surface area contributed by atoms with Gasteiger partial charge in [0, 0.05) is 48.7 Å². The molecule has 1 N–H and O–H groups in total. The van der Waals surface area contributed by atoms with Gasteiger partial charge < -0.3 is 15.1 Å². The third-order valence-corrected chi connectivity index (χ3v) is 5.62. The number of nitrogens with one attached hydrogen (secondary N) is 1. The van der Waals surface area contributed by atoms with Crippen LogP contribution in [0.1, 0.15) is 49.5 Å². The number of nitriles is 1. The van der Waals surface area contributed by atoms with Gasteiger partial charge in [-0.05, 0) is 82.1 Å². The number of anilines is 2. The number of nitrogens with zero attached hydrogens (tertiary/aromatic N) is 3. The van der Waals surface area contributed by atoms with Gasteiger partial charge in [-0.3, -0.25) is 4.79 Å². The molecule has 5 heteroatoms.